The van der Waals surface area contributed by atoms with E-state index in [4.69, 9.17) is 11.0 Å². The normalized spacial score (nSPS) is 10.4. The zero-order valence-electron chi connectivity index (χ0n) is 8.54. The first-order valence-electron chi connectivity index (χ1n) is 4.57. The zero-order valence-corrected chi connectivity index (χ0v) is 8.54. The molecule has 2 heteroatoms. The molecule has 0 aliphatic rings. The van der Waals surface area contributed by atoms with Crippen molar-refractivity contribution in [2.75, 3.05) is 6.54 Å². The fourth-order valence-electron chi connectivity index (χ4n) is 1.30. The van der Waals surface area contributed by atoms with Crippen molar-refractivity contribution < 1.29 is 0 Å². The minimum Gasteiger partial charge on any atom is -0.327 e. The van der Waals surface area contributed by atoms with E-state index in [9.17, 15) is 0 Å². The number of nitrogens with zero attached hydrogens (tertiary/aromatic N) is 1. The zero-order chi connectivity index (χ0) is 10.6. The molecule has 0 atom stereocenters. The summed E-state index contributed by atoms with van der Waals surface area (Å²) in [5.41, 5.74) is 9.33. The summed E-state index contributed by atoms with van der Waals surface area (Å²) in [6.45, 7) is 4.50. The molecular formula is C12H14N2. The predicted molar refractivity (Wildman–Crippen MR) is 58.7 cm³/mol. The Morgan fingerprint density at radius 1 is 1.43 bits per heavy atom. The molecule has 0 saturated heterocycles. The van der Waals surface area contributed by atoms with Crippen molar-refractivity contribution in [3.8, 4) is 6.07 Å². The lowest BCUT2D eigenvalue weighted by molar-refractivity contribution is 1.26. The summed E-state index contributed by atoms with van der Waals surface area (Å²) in [6, 6.07) is 6.13. The number of nitrogens with two attached hydrogens (primary N) is 1. The maximum atomic E-state index is 8.89. The van der Waals surface area contributed by atoms with Gasteiger partial charge in [-0.25, -0.2) is 0 Å². The molecule has 0 aliphatic heterocycles. The van der Waals surface area contributed by atoms with Gasteiger partial charge in [0.05, 0.1) is 11.6 Å². The van der Waals surface area contributed by atoms with Gasteiger partial charge in [-0.3, -0.25) is 0 Å². The molecule has 0 bridgehead atoms. The van der Waals surface area contributed by atoms with Crippen LogP contribution in [0.3, 0.4) is 0 Å². The third-order valence-corrected chi connectivity index (χ3v) is 2.26. The Morgan fingerprint density at radius 2 is 2.14 bits per heavy atom. The first-order valence-corrected chi connectivity index (χ1v) is 4.57. The van der Waals surface area contributed by atoms with Gasteiger partial charge in [-0.05, 0) is 36.6 Å². The van der Waals surface area contributed by atoms with E-state index in [1.807, 2.05) is 32.1 Å². The highest BCUT2D eigenvalue weighted by atomic mass is 14.5. The average molecular weight is 186 g/mol. The van der Waals surface area contributed by atoms with Crippen LogP contribution in [0.1, 0.15) is 22.3 Å². The van der Waals surface area contributed by atoms with Crippen molar-refractivity contribution in [2.24, 2.45) is 5.73 Å². The molecule has 0 aromatic heterocycles. The lowest BCUT2D eigenvalue weighted by Gasteiger charge is -2.04. The van der Waals surface area contributed by atoms with Crippen LogP contribution in [0.25, 0.3) is 6.08 Å². The first kappa shape index (κ1) is 10.5. The SMILES string of the molecule is Cc1cc(/C=C/CN)cc(C#N)c1C. The number of benzene rings is 1. The van der Waals surface area contributed by atoms with Crippen molar-refractivity contribution in [1.82, 2.24) is 0 Å². The molecule has 2 N–H and O–H groups in total. The number of hydrogen-bond donors (Lipinski definition) is 1. The summed E-state index contributed by atoms with van der Waals surface area (Å²) in [5, 5.41) is 8.89. The largest absolute Gasteiger partial charge is 0.327 e. The Morgan fingerprint density at radius 3 is 2.71 bits per heavy atom. The van der Waals surface area contributed by atoms with E-state index in [1.165, 1.54) is 0 Å². The van der Waals surface area contributed by atoms with Crippen LogP contribution in [-0.2, 0) is 0 Å². The number of nitriles is 1. The quantitative estimate of drug-likeness (QED) is 0.769. The van der Waals surface area contributed by atoms with Crippen LogP contribution < -0.4 is 5.73 Å². The maximum absolute atomic E-state index is 8.89. The van der Waals surface area contributed by atoms with E-state index in [-0.39, 0.29) is 0 Å². The molecule has 0 radical (unpaired) electrons. The van der Waals surface area contributed by atoms with Crippen molar-refractivity contribution in [3.05, 3.63) is 40.5 Å². The molecule has 0 spiro atoms. The molecule has 1 aromatic carbocycles. The van der Waals surface area contributed by atoms with Crippen LogP contribution in [0.5, 0.6) is 0 Å². The summed E-state index contributed by atoms with van der Waals surface area (Å²) >= 11 is 0. The van der Waals surface area contributed by atoms with Gasteiger partial charge >= 0.3 is 0 Å². The average Bonchev–Trinajstić information content (AvgIpc) is 2.19. The number of rotatable bonds is 2. The Kier molecular flexibility index (Phi) is 3.44. The van der Waals surface area contributed by atoms with E-state index in [0.29, 0.717) is 6.54 Å². The second kappa shape index (κ2) is 4.59. The van der Waals surface area contributed by atoms with Crippen molar-refractivity contribution in [3.63, 3.8) is 0 Å². The lowest BCUT2D eigenvalue weighted by atomic mass is 10.0. The monoisotopic (exact) mass is 186 g/mol. The lowest BCUT2D eigenvalue weighted by Crippen LogP contribution is -1.93. The summed E-state index contributed by atoms with van der Waals surface area (Å²) in [6.07, 6.45) is 3.82. The third kappa shape index (κ3) is 2.21. The fourth-order valence-corrected chi connectivity index (χ4v) is 1.30. The predicted octanol–water partition coefficient (Wildman–Crippen LogP) is 2.15. The van der Waals surface area contributed by atoms with Gasteiger partial charge in [-0.15, -0.1) is 0 Å². The Balaban J connectivity index is 3.18. The topological polar surface area (TPSA) is 49.8 Å². The third-order valence-electron chi connectivity index (χ3n) is 2.26. The highest BCUT2D eigenvalue weighted by molar-refractivity contribution is 5.56. The van der Waals surface area contributed by atoms with E-state index >= 15 is 0 Å². The molecular weight excluding hydrogens is 172 g/mol. The van der Waals surface area contributed by atoms with Gasteiger partial charge in [0, 0.05) is 6.54 Å². The van der Waals surface area contributed by atoms with Crippen molar-refractivity contribution in [2.45, 2.75) is 13.8 Å². The van der Waals surface area contributed by atoms with Crippen molar-refractivity contribution >= 4 is 6.08 Å². The van der Waals surface area contributed by atoms with Crippen LogP contribution in [0, 0.1) is 25.2 Å². The van der Waals surface area contributed by atoms with Crippen molar-refractivity contribution in [1.29, 1.82) is 5.26 Å². The van der Waals surface area contributed by atoms with Crippen LogP contribution >= 0.6 is 0 Å². The Bertz CT molecular complexity index is 398. The van der Waals surface area contributed by atoms with Gasteiger partial charge in [-0.1, -0.05) is 18.2 Å². The maximum Gasteiger partial charge on any atom is 0.0994 e. The number of hydrogen-bond acceptors (Lipinski definition) is 2. The molecule has 0 unspecified atom stereocenters. The highest BCUT2D eigenvalue weighted by Gasteiger charge is 2.01. The van der Waals surface area contributed by atoms with E-state index in [1.54, 1.807) is 0 Å². The second-order valence-corrected chi connectivity index (χ2v) is 3.26. The summed E-state index contributed by atoms with van der Waals surface area (Å²) < 4.78 is 0. The van der Waals surface area contributed by atoms with Crippen LogP contribution in [0.4, 0.5) is 0 Å². The Hall–Kier alpha value is -1.59. The highest BCUT2D eigenvalue weighted by Crippen LogP contribution is 2.16. The minimum atomic E-state index is 0.523. The van der Waals surface area contributed by atoms with Gasteiger partial charge in [0.15, 0.2) is 0 Å². The molecule has 0 heterocycles. The summed E-state index contributed by atoms with van der Waals surface area (Å²) in [7, 11) is 0. The molecule has 72 valence electrons. The van der Waals surface area contributed by atoms with Gasteiger partial charge in [-0.2, -0.15) is 5.26 Å². The standard InChI is InChI=1S/C12H14N2/c1-9-6-11(4-3-5-13)7-12(8-14)10(9)2/h3-4,6-7H,5,13H2,1-2H3/b4-3+. The van der Waals surface area contributed by atoms with E-state index in [2.05, 4.69) is 12.1 Å². The van der Waals surface area contributed by atoms with E-state index < -0.39 is 0 Å². The minimum absolute atomic E-state index is 0.523. The fraction of sp³-hybridized carbons (Fsp3) is 0.250. The smallest absolute Gasteiger partial charge is 0.0994 e. The molecule has 0 amide bonds. The molecule has 2 nitrogen and oxygen atoms in total. The van der Waals surface area contributed by atoms with Crippen LogP contribution in [0.15, 0.2) is 18.2 Å². The number of aryl methyl sites for hydroxylation is 1. The molecule has 0 fully saturated rings. The van der Waals surface area contributed by atoms with E-state index in [0.717, 1.165) is 22.3 Å². The molecule has 14 heavy (non-hydrogen) atoms. The van der Waals surface area contributed by atoms with Gasteiger partial charge in [0.1, 0.15) is 0 Å². The van der Waals surface area contributed by atoms with Crippen LogP contribution in [0.2, 0.25) is 0 Å². The molecule has 1 rings (SSSR count). The first-order chi connectivity index (χ1) is 6.69. The van der Waals surface area contributed by atoms with Gasteiger partial charge in [0.2, 0.25) is 0 Å². The van der Waals surface area contributed by atoms with Crippen LogP contribution in [-0.4, -0.2) is 6.54 Å². The summed E-state index contributed by atoms with van der Waals surface area (Å²) in [4.78, 5) is 0. The van der Waals surface area contributed by atoms with Gasteiger partial charge in [0.25, 0.3) is 0 Å². The van der Waals surface area contributed by atoms with Gasteiger partial charge < -0.3 is 5.73 Å². The molecule has 0 aliphatic carbocycles. The second-order valence-electron chi connectivity index (χ2n) is 3.26. The summed E-state index contributed by atoms with van der Waals surface area (Å²) in [5.74, 6) is 0. The Labute approximate surface area is 84.7 Å². The molecule has 1 aromatic rings. The molecule has 0 saturated carbocycles.